The summed E-state index contributed by atoms with van der Waals surface area (Å²) in [6, 6.07) is 6.70. The molecule has 3 heteroatoms. The highest BCUT2D eigenvalue weighted by molar-refractivity contribution is 6.74. The van der Waals surface area contributed by atoms with Gasteiger partial charge in [-0.25, -0.2) is 0 Å². The van der Waals surface area contributed by atoms with Crippen LogP contribution in [-0.4, -0.2) is 14.1 Å². The van der Waals surface area contributed by atoms with Crippen LogP contribution < -0.4 is 4.43 Å². The number of allylic oxidation sites excluding steroid dienone is 2. The molecule has 0 spiro atoms. The molecular weight excluding hydrogens is 324 g/mol. The second-order valence-electron chi connectivity index (χ2n) is 9.31. The van der Waals surface area contributed by atoms with E-state index in [4.69, 9.17) is 4.43 Å². The van der Waals surface area contributed by atoms with Gasteiger partial charge in [0, 0.05) is 11.8 Å². The molecule has 0 bridgehead atoms. The van der Waals surface area contributed by atoms with Crippen LogP contribution in [0.1, 0.15) is 58.1 Å². The molecule has 1 aromatic carbocycles. The van der Waals surface area contributed by atoms with Gasteiger partial charge in [0.2, 0.25) is 8.32 Å². The molecule has 2 aliphatic rings. The van der Waals surface area contributed by atoms with Crippen molar-refractivity contribution in [3.05, 3.63) is 41.5 Å². The molecule has 2 nitrogen and oxygen atoms in total. The molecule has 0 radical (unpaired) electrons. The predicted octanol–water partition coefficient (Wildman–Crippen LogP) is 5.81. The molecule has 0 aliphatic heterocycles. The van der Waals surface area contributed by atoms with Crippen molar-refractivity contribution in [2.75, 3.05) is 0 Å². The maximum atomic E-state index is 11.9. The van der Waals surface area contributed by atoms with Gasteiger partial charge in [-0.2, -0.15) is 0 Å². The number of ketones is 1. The molecule has 25 heavy (non-hydrogen) atoms. The number of hydrogen-bond donors (Lipinski definition) is 0. The van der Waals surface area contributed by atoms with Crippen molar-refractivity contribution >= 4 is 14.1 Å². The summed E-state index contributed by atoms with van der Waals surface area (Å²) < 4.78 is 6.52. The van der Waals surface area contributed by atoms with E-state index in [-0.39, 0.29) is 16.2 Å². The average molecular weight is 357 g/mol. The lowest BCUT2D eigenvalue weighted by Crippen LogP contribution is -2.44. The summed E-state index contributed by atoms with van der Waals surface area (Å²) in [5.41, 5.74) is 2.86. The number of hydrogen-bond acceptors (Lipinski definition) is 2. The van der Waals surface area contributed by atoms with Crippen molar-refractivity contribution in [2.24, 2.45) is 5.92 Å². The SMILES string of the molecule is CCC12C=CC(=O)C[C@H]1CCc1cc(O[Si](C)(C)C(C)(C)C)ccc12. The Balaban J connectivity index is 1.97. The minimum Gasteiger partial charge on any atom is -0.543 e. The van der Waals surface area contributed by atoms with Crippen LogP contribution in [0.4, 0.5) is 0 Å². The summed E-state index contributed by atoms with van der Waals surface area (Å²) in [4.78, 5) is 11.9. The molecule has 0 heterocycles. The summed E-state index contributed by atoms with van der Waals surface area (Å²) >= 11 is 0. The highest BCUT2D eigenvalue weighted by Crippen LogP contribution is 2.49. The van der Waals surface area contributed by atoms with Crippen molar-refractivity contribution in [1.29, 1.82) is 0 Å². The first-order valence-electron chi connectivity index (χ1n) is 9.63. The van der Waals surface area contributed by atoms with Crippen LogP contribution in [0.2, 0.25) is 18.1 Å². The van der Waals surface area contributed by atoms with Crippen LogP contribution in [0.15, 0.2) is 30.4 Å². The van der Waals surface area contributed by atoms with Crippen molar-refractivity contribution < 1.29 is 9.22 Å². The van der Waals surface area contributed by atoms with Crippen molar-refractivity contribution in [2.45, 2.75) is 76.9 Å². The van der Waals surface area contributed by atoms with E-state index >= 15 is 0 Å². The first-order valence-corrected chi connectivity index (χ1v) is 12.5. The van der Waals surface area contributed by atoms with E-state index in [2.05, 4.69) is 65.1 Å². The fourth-order valence-electron chi connectivity index (χ4n) is 4.21. The van der Waals surface area contributed by atoms with Gasteiger partial charge in [0.15, 0.2) is 5.78 Å². The van der Waals surface area contributed by atoms with E-state index in [1.807, 2.05) is 6.08 Å². The van der Waals surface area contributed by atoms with Gasteiger partial charge >= 0.3 is 0 Å². The second kappa shape index (κ2) is 6.12. The highest BCUT2D eigenvalue weighted by atomic mass is 28.4. The molecule has 2 atom stereocenters. The molecule has 2 aliphatic carbocycles. The van der Waals surface area contributed by atoms with Crippen molar-refractivity contribution in [1.82, 2.24) is 0 Å². The molecule has 0 saturated carbocycles. The van der Waals surface area contributed by atoms with Crippen LogP contribution in [0, 0.1) is 5.92 Å². The van der Waals surface area contributed by atoms with Gasteiger partial charge in [-0.05, 0) is 72.6 Å². The fraction of sp³-hybridized carbons (Fsp3) is 0.591. The van der Waals surface area contributed by atoms with Gasteiger partial charge in [0.1, 0.15) is 5.75 Å². The van der Waals surface area contributed by atoms with Gasteiger partial charge < -0.3 is 4.43 Å². The smallest absolute Gasteiger partial charge is 0.250 e. The molecule has 136 valence electrons. The fourth-order valence-corrected chi connectivity index (χ4v) is 5.23. The Hall–Kier alpha value is -1.35. The third kappa shape index (κ3) is 3.12. The van der Waals surface area contributed by atoms with Crippen LogP contribution in [0.25, 0.3) is 0 Å². The van der Waals surface area contributed by atoms with E-state index < -0.39 is 8.32 Å². The monoisotopic (exact) mass is 356 g/mol. The molecule has 0 aromatic heterocycles. The standard InChI is InChI=1S/C22H32O2Si/c1-7-22-13-12-18(23)15-17(22)9-8-16-14-19(10-11-20(16)22)24-25(5,6)21(2,3)4/h10-14,17H,7-9,15H2,1-6H3/t17-,22?/m1/s1. The number of carbonyl (C=O) groups is 1. The summed E-state index contributed by atoms with van der Waals surface area (Å²) in [7, 11) is -1.82. The first kappa shape index (κ1) is 18.4. The molecular formula is C22H32O2Si. The molecule has 1 aromatic rings. The molecule has 0 amide bonds. The highest BCUT2D eigenvalue weighted by Gasteiger charge is 2.44. The van der Waals surface area contributed by atoms with Gasteiger partial charge in [0.05, 0.1) is 0 Å². The largest absolute Gasteiger partial charge is 0.543 e. The third-order valence-electron chi connectivity index (χ3n) is 6.85. The normalized spacial score (nSPS) is 26.2. The lowest BCUT2D eigenvalue weighted by Gasteiger charge is -2.45. The Bertz CT molecular complexity index is 711. The van der Waals surface area contributed by atoms with Gasteiger partial charge in [-0.1, -0.05) is 39.8 Å². The molecule has 0 N–H and O–H groups in total. The lowest BCUT2D eigenvalue weighted by molar-refractivity contribution is -0.116. The minimum absolute atomic E-state index is 0.0387. The van der Waals surface area contributed by atoms with Gasteiger partial charge in [0.25, 0.3) is 0 Å². The van der Waals surface area contributed by atoms with E-state index in [0.717, 1.165) is 25.0 Å². The minimum atomic E-state index is -1.82. The van der Waals surface area contributed by atoms with Gasteiger partial charge in [-0.15, -0.1) is 0 Å². The molecule has 0 fully saturated rings. The number of fused-ring (bicyclic) bond motifs is 3. The number of benzene rings is 1. The Morgan fingerprint density at radius 3 is 2.64 bits per heavy atom. The maximum absolute atomic E-state index is 11.9. The molecule has 0 saturated heterocycles. The number of rotatable bonds is 3. The summed E-state index contributed by atoms with van der Waals surface area (Å²) in [5, 5.41) is 0.200. The predicted molar refractivity (Wildman–Crippen MR) is 107 cm³/mol. The number of aryl methyl sites for hydroxylation is 1. The zero-order valence-corrected chi connectivity index (χ0v) is 17.6. The quantitative estimate of drug-likeness (QED) is 0.639. The Kier molecular flexibility index (Phi) is 4.51. The zero-order valence-electron chi connectivity index (χ0n) is 16.6. The molecule has 1 unspecified atom stereocenters. The maximum Gasteiger partial charge on any atom is 0.250 e. The Labute approximate surface area is 153 Å². The van der Waals surface area contributed by atoms with Crippen LogP contribution in [-0.2, 0) is 16.6 Å². The van der Waals surface area contributed by atoms with Crippen LogP contribution in [0.5, 0.6) is 5.75 Å². The first-order chi connectivity index (χ1) is 11.6. The Morgan fingerprint density at radius 1 is 1.28 bits per heavy atom. The molecule has 3 rings (SSSR count). The van der Waals surface area contributed by atoms with E-state index in [1.54, 1.807) is 0 Å². The zero-order chi connectivity index (χ0) is 18.5. The third-order valence-corrected chi connectivity index (χ3v) is 11.2. The van der Waals surface area contributed by atoms with Crippen LogP contribution >= 0.6 is 0 Å². The van der Waals surface area contributed by atoms with E-state index in [9.17, 15) is 4.79 Å². The van der Waals surface area contributed by atoms with E-state index in [1.165, 1.54) is 11.1 Å². The number of carbonyl (C=O) groups excluding carboxylic acids is 1. The van der Waals surface area contributed by atoms with Crippen LogP contribution in [0.3, 0.4) is 0 Å². The average Bonchev–Trinajstić information content (AvgIpc) is 2.53. The van der Waals surface area contributed by atoms with Gasteiger partial charge in [-0.3, -0.25) is 4.79 Å². The summed E-state index contributed by atoms with van der Waals surface area (Å²) in [6.45, 7) is 13.7. The van der Waals surface area contributed by atoms with E-state index in [0.29, 0.717) is 12.3 Å². The van der Waals surface area contributed by atoms with Crippen molar-refractivity contribution in [3.63, 3.8) is 0 Å². The second-order valence-corrected chi connectivity index (χ2v) is 14.0. The summed E-state index contributed by atoms with van der Waals surface area (Å²) in [5.74, 6) is 1.76. The van der Waals surface area contributed by atoms with Crippen molar-refractivity contribution in [3.8, 4) is 5.75 Å². The lowest BCUT2D eigenvalue weighted by atomic mass is 9.58. The Morgan fingerprint density at radius 2 is 2.00 bits per heavy atom. The summed E-state index contributed by atoms with van der Waals surface area (Å²) in [6.07, 6.45) is 7.91. The topological polar surface area (TPSA) is 26.3 Å².